The minimum absolute atomic E-state index is 0.152. The Labute approximate surface area is 222 Å². The van der Waals surface area contributed by atoms with Crippen LogP contribution in [-0.4, -0.2) is 0 Å². The molecule has 0 N–H and O–H groups in total. The lowest BCUT2D eigenvalue weighted by Gasteiger charge is -2.33. The molecule has 0 fully saturated rings. The molecule has 0 spiro atoms. The highest BCUT2D eigenvalue weighted by Gasteiger charge is 2.44. The fraction of sp³-hybridized carbons (Fsp3) is 0.312. The van der Waals surface area contributed by atoms with E-state index in [9.17, 15) is 0 Å². The lowest BCUT2D eigenvalue weighted by atomic mass is 9.69. The van der Waals surface area contributed by atoms with Crippen molar-refractivity contribution in [2.24, 2.45) is 0 Å². The van der Waals surface area contributed by atoms with Gasteiger partial charge in [0.25, 0.3) is 0 Å². The van der Waals surface area contributed by atoms with Crippen molar-refractivity contribution in [3.63, 3.8) is 0 Å². The fourth-order valence-electron chi connectivity index (χ4n) is 5.47. The number of hydrogen-bond acceptors (Lipinski definition) is 0. The van der Waals surface area contributed by atoms with Crippen LogP contribution in [0.1, 0.15) is 74.1 Å². The van der Waals surface area contributed by atoms with Gasteiger partial charge in [0.15, 0.2) is 0 Å². The zero-order valence-corrected chi connectivity index (χ0v) is 23.3. The van der Waals surface area contributed by atoms with Gasteiger partial charge in [0.05, 0.1) is 0 Å². The predicted octanol–water partition coefficient (Wildman–Crippen LogP) is 10.6. The molecule has 0 radical (unpaired) electrons. The summed E-state index contributed by atoms with van der Waals surface area (Å²) in [5.41, 5.74) is 8.24. The highest BCUT2D eigenvalue weighted by molar-refractivity contribution is 9.10. The summed E-state index contributed by atoms with van der Waals surface area (Å²) < 4.78 is 2.28. The second-order valence-corrected chi connectivity index (χ2v) is 11.2. The number of halogens is 2. The molecule has 176 valence electrons. The van der Waals surface area contributed by atoms with Crippen molar-refractivity contribution in [3.8, 4) is 11.1 Å². The second-order valence-electron chi connectivity index (χ2n) is 9.35. The molecule has 0 unspecified atom stereocenters. The number of rotatable bonds is 11. The van der Waals surface area contributed by atoms with Crippen LogP contribution in [0.15, 0.2) is 94.4 Å². The van der Waals surface area contributed by atoms with E-state index in [1.165, 1.54) is 65.5 Å². The van der Waals surface area contributed by atoms with E-state index < -0.39 is 0 Å². The maximum absolute atomic E-state index is 3.82. The van der Waals surface area contributed by atoms with E-state index in [0.717, 1.165) is 28.2 Å². The van der Waals surface area contributed by atoms with E-state index in [0.29, 0.717) is 0 Å². The van der Waals surface area contributed by atoms with Crippen LogP contribution in [0.5, 0.6) is 0 Å². The van der Waals surface area contributed by atoms with Gasteiger partial charge in [-0.1, -0.05) is 119 Å². The minimum Gasteiger partial charge on any atom is -0.0991 e. The first-order valence-corrected chi connectivity index (χ1v) is 14.2. The summed E-state index contributed by atoms with van der Waals surface area (Å²) in [5, 5.41) is 0. The third kappa shape index (κ3) is 5.19. The Morgan fingerprint density at radius 3 is 2.03 bits per heavy atom. The molecule has 0 nitrogen and oxygen atoms in total. The summed E-state index contributed by atoms with van der Waals surface area (Å²) in [7, 11) is 0. The van der Waals surface area contributed by atoms with Gasteiger partial charge < -0.3 is 0 Å². The van der Waals surface area contributed by atoms with Crippen molar-refractivity contribution < 1.29 is 0 Å². The van der Waals surface area contributed by atoms with Gasteiger partial charge in [-0.25, -0.2) is 0 Å². The van der Waals surface area contributed by atoms with Crippen LogP contribution in [-0.2, 0) is 11.8 Å². The molecule has 1 aliphatic rings. The molecule has 0 saturated carbocycles. The summed E-state index contributed by atoms with van der Waals surface area (Å²) in [6.07, 6.45) is 15.8. The Morgan fingerprint density at radius 2 is 1.44 bits per heavy atom. The van der Waals surface area contributed by atoms with Gasteiger partial charge in [-0.2, -0.15) is 0 Å². The van der Waals surface area contributed by atoms with Crippen molar-refractivity contribution in [3.05, 3.63) is 117 Å². The molecule has 3 aromatic carbocycles. The first-order valence-electron chi connectivity index (χ1n) is 12.6. The van der Waals surface area contributed by atoms with E-state index in [-0.39, 0.29) is 5.41 Å². The lowest BCUT2D eigenvalue weighted by molar-refractivity contribution is 0.547. The van der Waals surface area contributed by atoms with Gasteiger partial charge >= 0.3 is 0 Å². The van der Waals surface area contributed by atoms with E-state index in [1.807, 2.05) is 6.08 Å². The zero-order valence-electron chi connectivity index (χ0n) is 20.1. The van der Waals surface area contributed by atoms with E-state index >= 15 is 0 Å². The van der Waals surface area contributed by atoms with Crippen LogP contribution >= 0.6 is 31.9 Å². The molecular weight excluding hydrogens is 544 g/mol. The molecule has 0 bridgehead atoms. The Hall–Kier alpha value is -1.90. The lowest BCUT2D eigenvalue weighted by Crippen LogP contribution is -2.27. The first kappa shape index (κ1) is 25.2. The quantitative estimate of drug-likeness (QED) is 0.157. The monoisotopic (exact) mass is 576 g/mol. The highest BCUT2D eigenvalue weighted by Crippen LogP contribution is 2.56. The van der Waals surface area contributed by atoms with E-state index in [4.69, 9.17) is 0 Å². The van der Waals surface area contributed by atoms with Crippen molar-refractivity contribution in [1.29, 1.82) is 0 Å². The molecule has 0 saturated heterocycles. The number of hydrogen-bond donors (Lipinski definition) is 0. The minimum atomic E-state index is -0.152. The Morgan fingerprint density at radius 1 is 0.794 bits per heavy atom. The molecule has 2 heteroatoms. The van der Waals surface area contributed by atoms with Crippen LogP contribution < -0.4 is 0 Å². The largest absolute Gasteiger partial charge is 0.0991 e. The smallest absolute Gasteiger partial charge is 0.0464 e. The first-order chi connectivity index (χ1) is 16.6. The standard InChI is InChI=1S/C32H34Br2/c1-3-5-7-9-11-21-32(25-15-13-24(14-16-25)12-10-8-6-4-2)30-22-26(33)17-19-28(30)29-20-18-27(34)23-31(29)32/h3,5,7,13-20,22-23H,1,4,6,8-12,21H2,2H3. The summed E-state index contributed by atoms with van der Waals surface area (Å²) in [6.45, 7) is 6.09. The SMILES string of the molecule is C=CC=CCCCC1(c2ccc(CCCCCC)cc2)c2cc(Br)ccc2-c2ccc(Br)cc21. The van der Waals surface area contributed by atoms with E-state index in [1.54, 1.807) is 0 Å². The molecular formula is C32H34Br2. The van der Waals surface area contributed by atoms with Gasteiger partial charge in [0.1, 0.15) is 0 Å². The van der Waals surface area contributed by atoms with E-state index in [2.05, 4.69) is 118 Å². The summed E-state index contributed by atoms with van der Waals surface area (Å²) >= 11 is 7.54. The second kappa shape index (κ2) is 11.7. The summed E-state index contributed by atoms with van der Waals surface area (Å²) in [4.78, 5) is 0. The third-order valence-corrected chi connectivity index (χ3v) is 8.12. The van der Waals surface area contributed by atoms with Gasteiger partial charge in [0, 0.05) is 14.4 Å². The van der Waals surface area contributed by atoms with Gasteiger partial charge in [-0.05, 0) is 89.8 Å². The average molecular weight is 578 g/mol. The van der Waals surface area contributed by atoms with Crippen LogP contribution in [0.2, 0.25) is 0 Å². The summed E-state index contributed by atoms with van der Waals surface area (Å²) in [5.74, 6) is 0. The summed E-state index contributed by atoms with van der Waals surface area (Å²) in [6, 6.07) is 23.2. The predicted molar refractivity (Wildman–Crippen MR) is 155 cm³/mol. The molecule has 34 heavy (non-hydrogen) atoms. The molecule has 0 heterocycles. The molecule has 4 rings (SSSR count). The highest BCUT2D eigenvalue weighted by atomic mass is 79.9. The Balaban J connectivity index is 1.78. The average Bonchev–Trinajstić information content (AvgIpc) is 3.11. The molecule has 1 aliphatic carbocycles. The van der Waals surface area contributed by atoms with Gasteiger partial charge in [-0.15, -0.1) is 0 Å². The topological polar surface area (TPSA) is 0 Å². The molecule has 3 aromatic rings. The Bertz CT molecular complexity index is 1100. The van der Waals surface area contributed by atoms with Crippen LogP contribution in [0.3, 0.4) is 0 Å². The molecule has 0 aromatic heterocycles. The zero-order chi connectivity index (χ0) is 24.0. The Kier molecular flexibility index (Phi) is 8.66. The van der Waals surface area contributed by atoms with Crippen molar-refractivity contribution in [1.82, 2.24) is 0 Å². The molecule has 0 amide bonds. The maximum Gasteiger partial charge on any atom is 0.0464 e. The maximum atomic E-state index is 3.82. The normalized spacial score (nSPS) is 13.7. The van der Waals surface area contributed by atoms with Crippen molar-refractivity contribution in [2.75, 3.05) is 0 Å². The van der Waals surface area contributed by atoms with Crippen LogP contribution in [0, 0.1) is 0 Å². The fourth-order valence-corrected chi connectivity index (χ4v) is 6.19. The number of aryl methyl sites for hydroxylation is 1. The number of benzene rings is 3. The van der Waals surface area contributed by atoms with Gasteiger partial charge in [-0.3, -0.25) is 0 Å². The van der Waals surface area contributed by atoms with Crippen LogP contribution in [0.4, 0.5) is 0 Å². The van der Waals surface area contributed by atoms with Crippen molar-refractivity contribution >= 4 is 31.9 Å². The molecule has 0 aliphatic heterocycles. The number of allylic oxidation sites excluding steroid dienone is 3. The van der Waals surface area contributed by atoms with Gasteiger partial charge in [0.2, 0.25) is 0 Å². The van der Waals surface area contributed by atoms with Crippen molar-refractivity contribution in [2.45, 2.75) is 63.7 Å². The third-order valence-electron chi connectivity index (χ3n) is 7.13. The number of fused-ring (bicyclic) bond motifs is 3. The number of unbranched alkanes of at least 4 members (excludes halogenated alkanes) is 4. The molecule has 0 atom stereocenters. The van der Waals surface area contributed by atoms with Crippen LogP contribution in [0.25, 0.3) is 11.1 Å².